The molecule has 2 aromatic rings. The molecule has 0 aromatic heterocycles. The van der Waals surface area contributed by atoms with E-state index in [4.69, 9.17) is 9.47 Å². The predicted molar refractivity (Wildman–Crippen MR) is 108 cm³/mol. The zero-order valence-corrected chi connectivity index (χ0v) is 16.8. The number of carbonyl (C=O) groups is 3. The zero-order chi connectivity index (χ0) is 21.8. The summed E-state index contributed by atoms with van der Waals surface area (Å²) in [5, 5.41) is 2.84. The van der Waals surface area contributed by atoms with Crippen LogP contribution in [0.2, 0.25) is 0 Å². The molecule has 0 saturated carbocycles. The van der Waals surface area contributed by atoms with Gasteiger partial charge in [-0.25, -0.2) is 9.29 Å². The summed E-state index contributed by atoms with van der Waals surface area (Å²) in [6, 6.07) is 8.80. The molecule has 3 amide bonds. The van der Waals surface area contributed by atoms with Gasteiger partial charge in [0.15, 0.2) is 11.5 Å². The number of rotatable bonds is 1. The summed E-state index contributed by atoms with van der Waals surface area (Å²) in [5.41, 5.74) is -0.0718. The predicted octanol–water partition coefficient (Wildman–Crippen LogP) is 1.99. The van der Waals surface area contributed by atoms with E-state index in [9.17, 15) is 18.8 Å². The molecule has 3 saturated heterocycles. The van der Waals surface area contributed by atoms with Gasteiger partial charge in [0.1, 0.15) is 11.4 Å². The summed E-state index contributed by atoms with van der Waals surface area (Å²) in [4.78, 5) is 44.2. The SMILES string of the molecule is O=C1[C@H]2[C@@H](C(=O)N1c1ccc3c(c1)OCO3)[C@@]1(C(=O)Nc3ccc(F)cc31)N1CCC[C@@H]21. The Bertz CT molecular complexity index is 1250. The highest BCUT2D eigenvalue weighted by molar-refractivity contribution is 6.26. The van der Waals surface area contributed by atoms with Gasteiger partial charge in [-0.15, -0.1) is 0 Å². The van der Waals surface area contributed by atoms with E-state index in [1.807, 2.05) is 4.90 Å². The second-order valence-corrected chi connectivity index (χ2v) is 8.87. The molecule has 32 heavy (non-hydrogen) atoms. The average Bonchev–Trinajstić information content (AvgIpc) is 3.55. The molecule has 4 atom stereocenters. The van der Waals surface area contributed by atoms with E-state index >= 15 is 0 Å². The van der Waals surface area contributed by atoms with Crippen molar-refractivity contribution in [3.8, 4) is 11.5 Å². The Hall–Kier alpha value is -3.46. The summed E-state index contributed by atoms with van der Waals surface area (Å²) in [6.45, 7) is 0.653. The molecule has 3 fully saturated rings. The standard InChI is InChI=1S/C23H18FN3O5/c24-11-3-5-14-13(8-11)23(22(30)25-14)19-18(15-2-1-7-26(15)23)20(28)27(21(19)29)12-4-6-16-17(9-12)32-10-31-16/h3-6,8-9,15,18-19H,1-2,7,10H2,(H,25,30)/t15-,18+,19-,23-/m0/s1. The first-order chi connectivity index (χ1) is 15.5. The lowest BCUT2D eigenvalue weighted by molar-refractivity contribution is -0.135. The molecule has 5 aliphatic rings. The van der Waals surface area contributed by atoms with Crippen LogP contribution in [0.15, 0.2) is 36.4 Å². The number of amides is 3. The fourth-order valence-corrected chi connectivity index (χ4v) is 6.45. The smallest absolute Gasteiger partial charge is 0.250 e. The lowest BCUT2D eigenvalue weighted by Gasteiger charge is -2.36. The molecule has 7 rings (SSSR count). The lowest BCUT2D eigenvalue weighted by Crippen LogP contribution is -2.54. The van der Waals surface area contributed by atoms with Crippen molar-refractivity contribution in [2.45, 2.75) is 24.4 Å². The van der Waals surface area contributed by atoms with Crippen molar-refractivity contribution < 1.29 is 28.2 Å². The number of hydrogen-bond acceptors (Lipinski definition) is 6. The molecule has 1 spiro atoms. The number of nitrogens with zero attached hydrogens (tertiary/aromatic N) is 2. The van der Waals surface area contributed by atoms with E-state index in [0.29, 0.717) is 41.4 Å². The summed E-state index contributed by atoms with van der Waals surface area (Å²) >= 11 is 0. The molecule has 0 aliphatic carbocycles. The van der Waals surface area contributed by atoms with Crippen LogP contribution in [0.5, 0.6) is 11.5 Å². The highest BCUT2D eigenvalue weighted by Crippen LogP contribution is 2.60. The number of anilines is 2. The van der Waals surface area contributed by atoms with Crippen molar-refractivity contribution in [3.05, 3.63) is 47.8 Å². The van der Waals surface area contributed by atoms with Gasteiger partial charge in [-0.05, 0) is 49.7 Å². The molecule has 0 bridgehead atoms. The molecule has 5 aliphatic heterocycles. The van der Waals surface area contributed by atoms with E-state index in [2.05, 4.69) is 5.32 Å². The third-order valence-electron chi connectivity index (χ3n) is 7.57. The number of fused-ring (bicyclic) bond motifs is 8. The molecule has 1 N–H and O–H groups in total. The number of carbonyl (C=O) groups excluding carboxylic acids is 3. The van der Waals surface area contributed by atoms with Crippen molar-refractivity contribution in [1.29, 1.82) is 0 Å². The van der Waals surface area contributed by atoms with Gasteiger partial charge in [0.25, 0.3) is 0 Å². The molecule has 0 unspecified atom stereocenters. The van der Waals surface area contributed by atoms with E-state index in [1.165, 1.54) is 23.1 Å². The first-order valence-electron chi connectivity index (χ1n) is 10.7. The van der Waals surface area contributed by atoms with Gasteiger partial charge in [-0.1, -0.05) is 0 Å². The van der Waals surface area contributed by atoms with Gasteiger partial charge >= 0.3 is 0 Å². The first kappa shape index (κ1) is 18.1. The van der Waals surface area contributed by atoms with Crippen LogP contribution in [0.4, 0.5) is 15.8 Å². The van der Waals surface area contributed by atoms with Crippen molar-refractivity contribution in [2.24, 2.45) is 11.8 Å². The quantitative estimate of drug-likeness (QED) is 0.690. The molecule has 0 radical (unpaired) electrons. The van der Waals surface area contributed by atoms with E-state index in [-0.39, 0.29) is 24.6 Å². The summed E-state index contributed by atoms with van der Waals surface area (Å²) in [5.74, 6) is -2.21. The molecular formula is C23H18FN3O5. The maximum atomic E-state index is 14.3. The van der Waals surface area contributed by atoms with Crippen molar-refractivity contribution in [1.82, 2.24) is 4.90 Å². The monoisotopic (exact) mass is 435 g/mol. The third kappa shape index (κ3) is 1.94. The average molecular weight is 435 g/mol. The second kappa shape index (κ2) is 5.86. The highest BCUT2D eigenvalue weighted by Gasteiger charge is 2.74. The molecule has 5 heterocycles. The first-order valence-corrected chi connectivity index (χ1v) is 10.7. The Labute approximate surface area is 181 Å². The van der Waals surface area contributed by atoms with Crippen LogP contribution in [0.25, 0.3) is 0 Å². The minimum absolute atomic E-state index is 0.0780. The van der Waals surface area contributed by atoms with Gasteiger partial charge < -0.3 is 14.8 Å². The van der Waals surface area contributed by atoms with E-state index in [1.54, 1.807) is 18.2 Å². The van der Waals surface area contributed by atoms with Crippen LogP contribution >= 0.6 is 0 Å². The number of halogens is 1. The number of ether oxygens (including phenoxy) is 2. The zero-order valence-electron chi connectivity index (χ0n) is 16.8. The summed E-state index contributed by atoms with van der Waals surface area (Å²) in [6.07, 6.45) is 1.51. The molecular weight excluding hydrogens is 417 g/mol. The lowest BCUT2D eigenvalue weighted by atomic mass is 9.75. The van der Waals surface area contributed by atoms with Gasteiger partial charge in [0.05, 0.1) is 17.5 Å². The Morgan fingerprint density at radius 2 is 1.88 bits per heavy atom. The normalized spacial score (nSPS) is 32.0. The van der Waals surface area contributed by atoms with E-state index < -0.39 is 29.1 Å². The van der Waals surface area contributed by atoms with Crippen LogP contribution in [0.3, 0.4) is 0 Å². The maximum Gasteiger partial charge on any atom is 0.250 e. The molecule has 8 nitrogen and oxygen atoms in total. The largest absolute Gasteiger partial charge is 0.454 e. The molecule has 2 aromatic carbocycles. The van der Waals surface area contributed by atoms with Gasteiger partial charge in [0, 0.05) is 23.4 Å². The molecule has 9 heteroatoms. The Balaban J connectivity index is 1.41. The summed E-state index contributed by atoms with van der Waals surface area (Å²) < 4.78 is 25.1. The second-order valence-electron chi connectivity index (χ2n) is 8.87. The van der Waals surface area contributed by atoms with Crippen LogP contribution in [0, 0.1) is 17.7 Å². The minimum atomic E-state index is -1.39. The van der Waals surface area contributed by atoms with Gasteiger partial charge in [-0.2, -0.15) is 0 Å². The van der Waals surface area contributed by atoms with Gasteiger partial charge in [0.2, 0.25) is 24.5 Å². The Morgan fingerprint density at radius 3 is 2.75 bits per heavy atom. The van der Waals surface area contributed by atoms with Crippen LogP contribution in [-0.2, 0) is 19.9 Å². The van der Waals surface area contributed by atoms with Crippen molar-refractivity contribution in [3.63, 3.8) is 0 Å². The fourth-order valence-electron chi connectivity index (χ4n) is 6.45. The van der Waals surface area contributed by atoms with Crippen molar-refractivity contribution in [2.75, 3.05) is 23.6 Å². The fraction of sp³-hybridized carbons (Fsp3) is 0.348. The Morgan fingerprint density at radius 1 is 1.03 bits per heavy atom. The Kier molecular flexibility index (Phi) is 3.32. The highest BCUT2D eigenvalue weighted by atomic mass is 19.1. The molecule has 162 valence electrons. The van der Waals surface area contributed by atoms with Gasteiger partial charge in [-0.3, -0.25) is 19.3 Å². The summed E-state index contributed by atoms with van der Waals surface area (Å²) in [7, 11) is 0. The maximum absolute atomic E-state index is 14.3. The number of imide groups is 1. The van der Waals surface area contributed by atoms with Crippen molar-refractivity contribution >= 4 is 29.1 Å². The number of hydrogen-bond donors (Lipinski definition) is 1. The number of nitrogens with one attached hydrogen (secondary N) is 1. The topological polar surface area (TPSA) is 88.2 Å². The third-order valence-corrected chi connectivity index (χ3v) is 7.57. The minimum Gasteiger partial charge on any atom is -0.454 e. The van der Waals surface area contributed by atoms with Crippen LogP contribution in [-0.4, -0.2) is 42.0 Å². The van der Waals surface area contributed by atoms with Crippen LogP contribution in [0.1, 0.15) is 18.4 Å². The van der Waals surface area contributed by atoms with E-state index in [0.717, 1.165) is 6.42 Å². The van der Waals surface area contributed by atoms with Crippen LogP contribution < -0.4 is 19.7 Å². The number of benzene rings is 2.